The summed E-state index contributed by atoms with van der Waals surface area (Å²) in [5.74, 6) is 0.117. The van der Waals surface area contributed by atoms with Gasteiger partial charge in [0.2, 0.25) is 5.91 Å². The van der Waals surface area contributed by atoms with Crippen LogP contribution in [0, 0.1) is 0 Å². The minimum atomic E-state index is -0.879. The van der Waals surface area contributed by atoms with Crippen molar-refractivity contribution in [1.82, 2.24) is 14.7 Å². The van der Waals surface area contributed by atoms with Crippen molar-refractivity contribution in [3.63, 3.8) is 0 Å². The first-order valence-corrected chi connectivity index (χ1v) is 7.07. The van der Waals surface area contributed by atoms with E-state index in [-0.39, 0.29) is 11.9 Å². The van der Waals surface area contributed by atoms with Crippen LogP contribution in [0.3, 0.4) is 0 Å². The lowest BCUT2D eigenvalue weighted by atomic mass is 9.97. The number of hydrogen-bond acceptors (Lipinski definition) is 3. The van der Waals surface area contributed by atoms with Crippen molar-refractivity contribution in [1.29, 1.82) is 0 Å². The van der Waals surface area contributed by atoms with E-state index >= 15 is 0 Å². The topological polar surface area (TPSA) is 64.1 Å². The zero-order valence-electron chi connectivity index (χ0n) is 13.2. The molecule has 1 saturated heterocycles. The van der Waals surface area contributed by atoms with Gasteiger partial charge in [0.25, 0.3) is 0 Å². The molecule has 0 aromatic rings. The van der Waals surface area contributed by atoms with Crippen LogP contribution < -0.4 is 0 Å². The van der Waals surface area contributed by atoms with E-state index in [9.17, 15) is 14.7 Å². The van der Waals surface area contributed by atoms with E-state index < -0.39 is 11.6 Å². The highest BCUT2D eigenvalue weighted by molar-refractivity contribution is 5.78. The van der Waals surface area contributed by atoms with Crippen molar-refractivity contribution in [2.45, 2.75) is 45.2 Å². The molecular formula is C14H27N3O3. The molecule has 0 bridgehead atoms. The molecule has 1 N–H and O–H groups in total. The zero-order valence-corrected chi connectivity index (χ0v) is 13.2. The highest BCUT2D eigenvalue weighted by Gasteiger charge is 2.35. The van der Waals surface area contributed by atoms with Gasteiger partial charge < -0.3 is 19.8 Å². The van der Waals surface area contributed by atoms with E-state index in [1.165, 1.54) is 4.90 Å². The number of likely N-dealkylation sites (N-methyl/N-ethyl adjacent to an activating group) is 1. The Hall–Kier alpha value is -1.30. The summed E-state index contributed by atoms with van der Waals surface area (Å²) < 4.78 is 0. The van der Waals surface area contributed by atoms with Gasteiger partial charge >= 0.3 is 6.09 Å². The van der Waals surface area contributed by atoms with Gasteiger partial charge in [0.05, 0.1) is 6.54 Å². The van der Waals surface area contributed by atoms with Crippen LogP contribution in [0.1, 0.15) is 33.6 Å². The van der Waals surface area contributed by atoms with E-state index in [0.717, 1.165) is 0 Å². The van der Waals surface area contributed by atoms with E-state index in [2.05, 4.69) is 0 Å². The van der Waals surface area contributed by atoms with Crippen LogP contribution >= 0.6 is 0 Å². The van der Waals surface area contributed by atoms with Crippen molar-refractivity contribution in [2.75, 3.05) is 33.7 Å². The van der Waals surface area contributed by atoms with Gasteiger partial charge in [0.15, 0.2) is 0 Å². The van der Waals surface area contributed by atoms with Gasteiger partial charge in [-0.05, 0) is 47.7 Å². The maximum absolute atomic E-state index is 12.0. The van der Waals surface area contributed by atoms with Crippen LogP contribution in [0.5, 0.6) is 0 Å². The largest absolute Gasteiger partial charge is 0.465 e. The molecule has 1 heterocycles. The highest BCUT2D eigenvalue weighted by Crippen LogP contribution is 2.24. The van der Waals surface area contributed by atoms with Crippen molar-refractivity contribution in [3.8, 4) is 0 Å². The normalized spacial score (nSPS) is 17.4. The summed E-state index contributed by atoms with van der Waals surface area (Å²) in [6.45, 7) is 7.40. The fourth-order valence-corrected chi connectivity index (χ4v) is 2.73. The van der Waals surface area contributed by atoms with E-state index in [1.807, 2.05) is 44.7 Å². The fourth-order valence-electron chi connectivity index (χ4n) is 2.73. The lowest BCUT2D eigenvalue weighted by Gasteiger charge is -2.43. The first kappa shape index (κ1) is 16.8. The molecule has 1 rings (SSSR count). The molecule has 0 unspecified atom stereocenters. The first-order valence-electron chi connectivity index (χ1n) is 7.07. The Morgan fingerprint density at radius 3 is 2.05 bits per heavy atom. The number of carbonyl (C=O) groups is 2. The predicted molar refractivity (Wildman–Crippen MR) is 77.8 cm³/mol. The number of carbonyl (C=O) groups excluding carboxylic acids is 1. The number of piperidine rings is 1. The molecule has 1 aliphatic heterocycles. The van der Waals surface area contributed by atoms with Gasteiger partial charge in [-0.2, -0.15) is 0 Å². The zero-order chi connectivity index (χ0) is 15.5. The quantitative estimate of drug-likeness (QED) is 0.849. The highest BCUT2D eigenvalue weighted by atomic mass is 16.4. The lowest BCUT2D eigenvalue weighted by molar-refractivity contribution is -0.133. The molecule has 0 saturated carbocycles. The van der Waals surface area contributed by atoms with Crippen LogP contribution in [-0.2, 0) is 4.79 Å². The standard InChI is InChI=1S/C14H27N3O3/c1-14(2,3)17(13(19)20)11-6-8-16(9-7-11)12(18)10-15(4)5/h11H,6-10H2,1-5H3,(H,19,20). The third kappa shape index (κ3) is 4.37. The summed E-state index contributed by atoms with van der Waals surface area (Å²) in [5.41, 5.74) is -0.410. The van der Waals surface area contributed by atoms with E-state index in [1.54, 1.807) is 0 Å². The van der Waals surface area contributed by atoms with Crippen LogP contribution in [0.15, 0.2) is 0 Å². The summed E-state index contributed by atoms with van der Waals surface area (Å²) in [4.78, 5) is 28.6. The van der Waals surface area contributed by atoms with Crippen LogP contribution in [0.4, 0.5) is 4.79 Å². The Labute approximate surface area is 121 Å². The Kier molecular flexibility index (Phi) is 5.39. The van der Waals surface area contributed by atoms with E-state index in [0.29, 0.717) is 32.5 Å². The fraction of sp³-hybridized carbons (Fsp3) is 0.857. The third-order valence-electron chi connectivity index (χ3n) is 3.56. The molecule has 20 heavy (non-hydrogen) atoms. The average Bonchev–Trinajstić information content (AvgIpc) is 2.26. The van der Waals surface area contributed by atoms with Crippen molar-refractivity contribution >= 4 is 12.0 Å². The second-order valence-corrected chi connectivity index (χ2v) is 6.67. The molecule has 0 aromatic carbocycles. The molecule has 0 atom stereocenters. The number of hydrogen-bond donors (Lipinski definition) is 1. The summed E-state index contributed by atoms with van der Waals surface area (Å²) >= 11 is 0. The van der Waals surface area contributed by atoms with Crippen LogP contribution in [0.2, 0.25) is 0 Å². The number of amides is 2. The minimum absolute atomic E-state index is 0.00379. The van der Waals surface area contributed by atoms with Gasteiger partial charge in [-0.3, -0.25) is 4.79 Å². The Morgan fingerprint density at radius 2 is 1.70 bits per heavy atom. The Bertz CT molecular complexity index is 355. The maximum Gasteiger partial charge on any atom is 0.407 e. The smallest absolute Gasteiger partial charge is 0.407 e. The summed E-state index contributed by atoms with van der Waals surface area (Å²) in [5, 5.41) is 9.39. The van der Waals surface area contributed by atoms with Gasteiger partial charge in [-0.1, -0.05) is 0 Å². The molecule has 1 fully saturated rings. The van der Waals surface area contributed by atoms with Crippen LogP contribution in [0.25, 0.3) is 0 Å². The number of nitrogens with zero attached hydrogens (tertiary/aromatic N) is 3. The third-order valence-corrected chi connectivity index (χ3v) is 3.56. The molecule has 2 amide bonds. The molecule has 0 aromatic heterocycles. The molecule has 0 spiro atoms. The molecule has 0 radical (unpaired) electrons. The number of carboxylic acid groups (broad SMARTS) is 1. The van der Waals surface area contributed by atoms with Crippen LogP contribution in [-0.4, -0.2) is 77.1 Å². The Balaban J connectivity index is 2.61. The van der Waals surface area contributed by atoms with Crippen molar-refractivity contribution < 1.29 is 14.7 Å². The molecule has 0 aliphatic carbocycles. The second-order valence-electron chi connectivity index (χ2n) is 6.67. The maximum atomic E-state index is 12.0. The predicted octanol–water partition coefficient (Wildman–Crippen LogP) is 1.32. The van der Waals surface area contributed by atoms with Crippen molar-refractivity contribution in [3.05, 3.63) is 0 Å². The monoisotopic (exact) mass is 285 g/mol. The molecule has 6 heteroatoms. The lowest BCUT2D eigenvalue weighted by Crippen LogP contribution is -2.55. The molecule has 116 valence electrons. The van der Waals surface area contributed by atoms with Crippen molar-refractivity contribution in [2.24, 2.45) is 0 Å². The number of rotatable bonds is 3. The van der Waals surface area contributed by atoms with Gasteiger partial charge in [-0.25, -0.2) is 4.79 Å². The first-order chi connectivity index (χ1) is 9.12. The SMILES string of the molecule is CN(C)CC(=O)N1CCC(N(C(=O)O)C(C)(C)C)CC1. The Morgan fingerprint density at radius 1 is 1.20 bits per heavy atom. The number of likely N-dealkylation sites (tertiary alicyclic amines) is 1. The summed E-state index contributed by atoms with van der Waals surface area (Å²) in [6.07, 6.45) is 0.543. The molecule has 6 nitrogen and oxygen atoms in total. The summed E-state index contributed by atoms with van der Waals surface area (Å²) in [6, 6.07) is -0.00379. The van der Waals surface area contributed by atoms with E-state index in [4.69, 9.17) is 0 Å². The van der Waals surface area contributed by atoms with Gasteiger partial charge in [0.1, 0.15) is 0 Å². The summed E-state index contributed by atoms with van der Waals surface area (Å²) in [7, 11) is 3.74. The van der Waals surface area contributed by atoms with Gasteiger partial charge in [0, 0.05) is 24.7 Å². The molecular weight excluding hydrogens is 258 g/mol. The van der Waals surface area contributed by atoms with Gasteiger partial charge in [-0.15, -0.1) is 0 Å². The average molecular weight is 285 g/mol. The minimum Gasteiger partial charge on any atom is -0.465 e. The second kappa shape index (κ2) is 6.43. The molecule has 1 aliphatic rings.